The Morgan fingerprint density at radius 1 is 1.29 bits per heavy atom. The minimum atomic E-state index is -0.380. The smallest absolute Gasteiger partial charge is 0.261 e. The van der Waals surface area contributed by atoms with Crippen LogP contribution in [-0.4, -0.2) is 39.1 Å². The topological polar surface area (TPSA) is 73.1 Å². The number of benzene rings is 1. The van der Waals surface area contributed by atoms with E-state index >= 15 is 0 Å². The molecule has 0 N–H and O–H groups in total. The molecule has 4 rings (SSSR count). The summed E-state index contributed by atoms with van der Waals surface area (Å²) in [6.45, 7) is 4.62. The van der Waals surface area contributed by atoms with Crippen LogP contribution in [0.1, 0.15) is 24.5 Å². The van der Waals surface area contributed by atoms with Gasteiger partial charge in [-0.05, 0) is 37.8 Å². The molecule has 148 valence electrons. The molecule has 3 aromatic rings. The van der Waals surface area contributed by atoms with Gasteiger partial charge in [-0.1, -0.05) is 0 Å². The Bertz CT molecular complexity index is 1040. The Kier molecular flexibility index (Phi) is 5.36. The summed E-state index contributed by atoms with van der Waals surface area (Å²) in [6.07, 6.45) is 1.93. The van der Waals surface area contributed by atoms with Crippen LogP contribution < -0.4 is 10.5 Å². The van der Waals surface area contributed by atoms with Gasteiger partial charge in [0.15, 0.2) is 5.82 Å². The third-order valence-corrected chi connectivity index (χ3v) is 5.98. The number of rotatable bonds is 5. The number of nitrogens with zero attached hydrogens (tertiary/aromatic N) is 5. The average Bonchev–Trinajstić information content (AvgIpc) is 3.14. The van der Waals surface area contributed by atoms with Crippen molar-refractivity contribution in [3.05, 3.63) is 46.0 Å². The Morgan fingerprint density at radius 2 is 2.07 bits per heavy atom. The van der Waals surface area contributed by atoms with Gasteiger partial charge in [0.25, 0.3) is 5.56 Å². The maximum absolute atomic E-state index is 13.4. The molecule has 2 aromatic heterocycles. The first-order valence-electron chi connectivity index (χ1n) is 9.28. The molecule has 0 aliphatic carbocycles. The second-order valence-corrected chi connectivity index (χ2v) is 7.82. The predicted octanol–water partition coefficient (Wildman–Crippen LogP) is 2.76. The van der Waals surface area contributed by atoms with Gasteiger partial charge in [-0.25, -0.2) is 14.4 Å². The van der Waals surface area contributed by atoms with E-state index in [1.165, 1.54) is 29.7 Å². The van der Waals surface area contributed by atoms with Crippen molar-refractivity contribution in [1.82, 2.24) is 18.9 Å². The highest BCUT2D eigenvalue weighted by Gasteiger charge is 2.23. The highest BCUT2D eigenvalue weighted by atomic mass is 32.1. The maximum Gasteiger partial charge on any atom is 0.261 e. The first kappa shape index (κ1) is 18.9. The molecule has 1 aromatic carbocycles. The summed E-state index contributed by atoms with van der Waals surface area (Å²) in [6, 6.07) is 4.14. The van der Waals surface area contributed by atoms with Gasteiger partial charge in [-0.15, -0.1) is 0 Å². The zero-order valence-corrected chi connectivity index (χ0v) is 16.7. The number of piperidine rings is 1. The lowest BCUT2D eigenvalue weighted by atomic mass is 9.97. The van der Waals surface area contributed by atoms with Gasteiger partial charge in [-0.2, -0.15) is 4.37 Å². The highest BCUT2D eigenvalue weighted by Crippen LogP contribution is 2.26. The Morgan fingerprint density at radius 3 is 2.82 bits per heavy atom. The zero-order chi connectivity index (χ0) is 19.7. The van der Waals surface area contributed by atoms with Gasteiger partial charge in [0.2, 0.25) is 5.13 Å². The number of fused-ring (bicyclic) bond motifs is 1. The first-order chi connectivity index (χ1) is 13.5. The average molecular weight is 403 g/mol. The Labute approximate surface area is 166 Å². The van der Waals surface area contributed by atoms with Crippen LogP contribution >= 0.6 is 11.5 Å². The van der Waals surface area contributed by atoms with E-state index in [0.717, 1.165) is 31.1 Å². The summed E-state index contributed by atoms with van der Waals surface area (Å²) in [4.78, 5) is 24.0. The van der Waals surface area contributed by atoms with Gasteiger partial charge in [0.05, 0.1) is 10.9 Å². The molecule has 9 heteroatoms. The van der Waals surface area contributed by atoms with E-state index in [1.54, 1.807) is 18.6 Å². The van der Waals surface area contributed by atoms with Crippen LogP contribution in [0.5, 0.6) is 0 Å². The fourth-order valence-electron chi connectivity index (χ4n) is 3.65. The van der Waals surface area contributed by atoms with Crippen LogP contribution in [0.3, 0.4) is 0 Å². The fraction of sp³-hybridized carbons (Fsp3) is 0.474. The maximum atomic E-state index is 13.4. The van der Waals surface area contributed by atoms with E-state index in [2.05, 4.69) is 19.2 Å². The molecule has 1 aliphatic heterocycles. The minimum absolute atomic E-state index is 0.0988. The van der Waals surface area contributed by atoms with Crippen molar-refractivity contribution in [2.45, 2.75) is 32.9 Å². The molecular weight excluding hydrogens is 381 g/mol. The molecule has 1 fully saturated rings. The monoisotopic (exact) mass is 403 g/mol. The third kappa shape index (κ3) is 3.77. The summed E-state index contributed by atoms with van der Waals surface area (Å²) in [5.74, 6) is 1.34. The van der Waals surface area contributed by atoms with E-state index in [9.17, 15) is 9.18 Å². The van der Waals surface area contributed by atoms with Crippen LogP contribution in [0.2, 0.25) is 0 Å². The summed E-state index contributed by atoms with van der Waals surface area (Å²) >= 11 is 1.40. The lowest BCUT2D eigenvalue weighted by Gasteiger charge is -2.32. The molecule has 0 atom stereocenters. The van der Waals surface area contributed by atoms with Crippen molar-refractivity contribution in [3.8, 4) is 0 Å². The molecule has 28 heavy (non-hydrogen) atoms. The number of anilines is 1. The number of halogens is 1. The second kappa shape index (κ2) is 7.92. The number of ether oxygens (including phenoxy) is 1. The van der Waals surface area contributed by atoms with Crippen LogP contribution in [0.15, 0.2) is 23.0 Å². The molecule has 0 amide bonds. The van der Waals surface area contributed by atoms with Gasteiger partial charge < -0.3 is 9.64 Å². The van der Waals surface area contributed by atoms with Crippen molar-refractivity contribution in [3.63, 3.8) is 0 Å². The molecule has 0 bridgehead atoms. The number of aromatic nitrogens is 4. The fourth-order valence-corrected chi connectivity index (χ4v) is 4.37. The first-order valence-corrected chi connectivity index (χ1v) is 10.1. The molecule has 0 spiro atoms. The Balaban J connectivity index is 1.46. The molecule has 1 aliphatic rings. The predicted molar refractivity (Wildman–Crippen MR) is 106 cm³/mol. The van der Waals surface area contributed by atoms with Crippen LogP contribution in [0.25, 0.3) is 10.9 Å². The lowest BCUT2D eigenvalue weighted by Crippen LogP contribution is -2.37. The normalized spacial score (nSPS) is 15.5. The highest BCUT2D eigenvalue weighted by molar-refractivity contribution is 7.09. The van der Waals surface area contributed by atoms with E-state index in [0.29, 0.717) is 41.6 Å². The number of aryl methyl sites for hydroxylation is 1. The van der Waals surface area contributed by atoms with E-state index in [1.807, 2.05) is 0 Å². The SMILES string of the molecule is COCc1nsc(N2CCC(Cn3c(C)nc4cc(F)ccc4c3=O)CC2)n1. The summed E-state index contributed by atoms with van der Waals surface area (Å²) < 4.78 is 24.5. The molecular formula is C19H22FN5O2S. The van der Waals surface area contributed by atoms with E-state index in [4.69, 9.17) is 4.74 Å². The standard InChI is InChI=1S/C19H22FN5O2S/c1-12-21-16-9-14(20)3-4-15(16)18(26)25(12)10-13-5-7-24(8-6-13)19-22-17(11-27-2)23-28-19/h3-4,9,13H,5-8,10-11H2,1-2H3. The van der Waals surface area contributed by atoms with Crippen LogP contribution in [0, 0.1) is 18.7 Å². The van der Waals surface area contributed by atoms with E-state index < -0.39 is 0 Å². The van der Waals surface area contributed by atoms with Gasteiger partial charge in [0, 0.05) is 44.3 Å². The zero-order valence-electron chi connectivity index (χ0n) is 15.9. The molecule has 3 heterocycles. The third-order valence-electron chi connectivity index (χ3n) is 5.16. The van der Waals surface area contributed by atoms with E-state index in [-0.39, 0.29) is 11.4 Å². The van der Waals surface area contributed by atoms with Crippen LogP contribution in [-0.2, 0) is 17.9 Å². The number of hydrogen-bond donors (Lipinski definition) is 0. The summed E-state index contributed by atoms with van der Waals surface area (Å²) in [5.41, 5.74) is 0.315. The van der Waals surface area contributed by atoms with Crippen molar-refractivity contribution < 1.29 is 9.13 Å². The molecule has 1 saturated heterocycles. The second-order valence-electron chi connectivity index (χ2n) is 7.09. The minimum Gasteiger partial charge on any atom is -0.377 e. The lowest BCUT2D eigenvalue weighted by molar-refractivity contribution is 0.179. The van der Waals surface area contributed by atoms with Crippen molar-refractivity contribution >= 4 is 27.6 Å². The van der Waals surface area contributed by atoms with Gasteiger partial charge in [0.1, 0.15) is 18.2 Å². The van der Waals surface area contributed by atoms with Crippen molar-refractivity contribution in [2.24, 2.45) is 5.92 Å². The van der Waals surface area contributed by atoms with Crippen LogP contribution in [0.4, 0.5) is 9.52 Å². The van der Waals surface area contributed by atoms with Gasteiger partial charge >= 0.3 is 0 Å². The molecule has 0 unspecified atom stereocenters. The summed E-state index contributed by atoms with van der Waals surface area (Å²) in [7, 11) is 1.63. The molecule has 7 nitrogen and oxygen atoms in total. The summed E-state index contributed by atoms with van der Waals surface area (Å²) in [5, 5.41) is 1.39. The number of methoxy groups -OCH3 is 1. The number of hydrogen-bond acceptors (Lipinski definition) is 7. The molecule has 0 radical (unpaired) electrons. The molecule has 0 saturated carbocycles. The van der Waals surface area contributed by atoms with Crippen molar-refractivity contribution in [2.75, 3.05) is 25.1 Å². The van der Waals surface area contributed by atoms with Crippen molar-refractivity contribution in [1.29, 1.82) is 0 Å². The largest absolute Gasteiger partial charge is 0.377 e. The van der Waals surface area contributed by atoms with Gasteiger partial charge in [-0.3, -0.25) is 9.36 Å². The Hall–Kier alpha value is -2.39. The quantitative estimate of drug-likeness (QED) is 0.652.